The molecule has 7 nitrogen and oxygen atoms in total. The Kier molecular flexibility index (Phi) is 4.75. The third-order valence-electron chi connectivity index (χ3n) is 3.79. The fourth-order valence-electron chi connectivity index (χ4n) is 2.58. The summed E-state index contributed by atoms with van der Waals surface area (Å²) in [4.78, 5) is 13.9. The number of amides is 1. The monoisotopic (exact) mass is 316 g/mol. The van der Waals surface area contributed by atoms with Crippen LogP contribution in [0.3, 0.4) is 0 Å². The van der Waals surface area contributed by atoms with Gasteiger partial charge in [0.15, 0.2) is 11.5 Å². The van der Waals surface area contributed by atoms with Gasteiger partial charge in [-0.1, -0.05) is 17.3 Å². The summed E-state index contributed by atoms with van der Waals surface area (Å²) in [6, 6.07) is 7.43. The summed E-state index contributed by atoms with van der Waals surface area (Å²) in [5.41, 5.74) is 0.671. The summed E-state index contributed by atoms with van der Waals surface area (Å²) in [6.45, 7) is 2.19. The number of carbonyl (C=O) groups is 1. The zero-order valence-corrected chi connectivity index (χ0v) is 13.1. The number of likely N-dealkylation sites (tertiary alicyclic amines) is 1. The molecular formula is C16H20N4O3. The third kappa shape index (κ3) is 3.80. The molecule has 1 saturated heterocycles. The highest BCUT2D eigenvalue weighted by atomic mass is 16.5. The smallest absolute Gasteiger partial charge is 0.244 e. The molecule has 0 unspecified atom stereocenters. The summed E-state index contributed by atoms with van der Waals surface area (Å²) < 4.78 is 12.5. The molecule has 3 rings (SSSR count). The van der Waals surface area contributed by atoms with Crippen molar-refractivity contribution in [2.75, 3.05) is 20.2 Å². The second-order valence-electron chi connectivity index (χ2n) is 5.43. The minimum absolute atomic E-state index is 0.0876. The van der Waals surface area contributed by atoms with Crippen LogP contribution in [-0.4, -0.2) is 46.0 Å². The Hall–Kier alpha value is -2.57. The van der Waals surface area contributed by atoms with Crippen molar-refractivity contribution in [1.29, 1.82) is 0 Å². The van der Waals surface area contributed by atoms with Crippen molar-refractivity contribution < 1.29 is 14.3 Å². The second-order valence-corrected chi connectivity index (χ2v) is 5.43. The molecule has 1 aliphatic heterocycles. The number of benzene rings is 1. The molecule has 0 atom stereocenters. The Balaban J connectivity index is 1.55. The number of ether oxygens (including phenoxy) is 2. The van der Waals surface area contributed by atoms with Crippen molar-refractivity contribution in [1.82, 2.24) is 19.9 Å². The lowest BCUT2D eigenvalue weighted by Gasteiger charge is -2.14. The largest absolute Gasteiger partial charge is 0.493 e. The number of carbonyl (C=O) groups excluding carboxylic acids is 1. The number of aromatic nitrogens is 3. The van der Waals surface area contributed by atoms with Crippen LogP contribution in [0, 0.1) is 0 Å². The lowest BCUT2D eigenvalue weighted by molar-refractivity contribution is -0.130. The summed E-state index contributed by atoms with van der Waals surface area (Å²) in [7, 11) is 1.60. The minimum Gasteiger partial charge on any atom is -0.493 e. The van der Waals surface area contributed by atoms with Crippen LogP contribution in [-0.2, 0) is 17.9 Å². The Morgan fingerprint density at radius 3 is 2.70 bits per heavy atom. The highest BCUT2D eigenvalue weighted by Crippen LogP contribution is 2.26. The number of para-hydroxylation sites is 2. The molecule has 0 spiro atoms. The number of rotatable bonds is 6. The highest BCUT2D eigenvalue weighted by molar-refractivity contribution is 5.76. The van der Waals surface area contributed by atoms with Crippen LogP contribution in [0.15, 0.2) is 30.5 Å². The van der Waals surface area contributed by atoms with E-state index in [1.165, 1.54) is 0 Å². The van der Waals surface area contributed by atoms with E-state index in [9.17, 15) is 4.79 Å². The summed E-state index contributed by atoms with van der Waals surface area (Å²) in [5, 5.41) is 8.03. The first-order chi connectivity index (χ1) is 11.3. The molecule has 2 heterocycles. The summed E-state index contributed by atoms with van der Waals surface area (Å²) in [6.07, 6.45) is 3.91. The molecule has 1 aromatic heterocycles. The first-order valence-corrected chi connectivity index (χ1v) is 7.69. The maximum atomic E-state index is 12.1. The van der Waals surface area contributed by atoms with Crippen molar-refractivity contribution in [3.8, 4) is 11.5 Å². The van der Waals surface area contributed by atoms with Gasteiger partial charge in [0.25, 0.3) is 0 Å². The van der Waals surface area contributed by atoms with E-state index in [-0.39, 0.29) is 19.1 Å². The number of methoxy groups -OCH3 is 1. The summed E-state index contributed by atoms with van der Waals surface area (Å²) >= 11 is 0. The maximum Gasteiger partial charge on any atom is 0.244 e. The molecule has 0 aliphatic carbocycles. The maximum absolute atomic E-state index is 12.1. The first kappa shape index (κ1) is 15.3. The predicted octanol–water partition coefficient (Wildman–Crippen LogP) is 1.49. The van der Waals surface area contributed by atoms with Crippen LogP contribution in [0.5, 0.6) is 11.5 Å². The van der Waals surface area contributed by atoms with E-state index in [0.717, 1.165) is 25.9 Å². The molecule has 0 bridgehead atoms. The van der Waals surface area contributed by atoms with Gasteiger partial charge < -0.3 is 14.4 Å². The number of nitrogens with zero attached hydrogens (tertiary/aromatic N) is 4. The zero-order valence-electron chi connectivity index (χ0n) is 13.1. The molecular weight excluding hydrogens is 296 g/mol. The zero-order chi connectivity index (χ0) is 16.1. The second kappa shape index (κ2) is 7.13. The quantitative estimate of drug-likeness (QED) is 0.807. The van der Waals surface area contributed by atoms with Crippen molar-refractivity contribution in [2.45, 2.75) is 26.0 Å². The van der Waals surface area contributed by atoms with Crippen molar-refractivity contribution in [3.63, 3.8) is 0 Å². The van der Waals surface area contributed by atoms with Crippen LogP contribution in [0.4, 0.5) is 0 Å². The molecule has 1 aromatic carbocycles. The lowest BCUT2D eigenvalue weighted by Crippen LogP contribution is -2.31. The predicted molar refractivity (Wildman–Crippen MR) is 83.2 cm³/mol. The average Bonchev–Trinajstić information content (AvgIpc) is 3.25. The van der Waals surface area contributed by atoms with E-state index in [2.05, 4.69) is 10.3 Å². The van der Waals surface area contributed by atoms with Gasteiger partial charge in [0.2, 0.25) is 5.91 Å². The van der Waals surface area contributed by atoms with E-state index < -0.39 is 0 Å². The molecule has 0 saturated carbocycles. The topological polar surface area (TPSA) is 69.5 Å². The van der Waals surface area contributed by atoms with Gasteiger partial charge in [-0.25, -0.2) is 4.68 Å². The molecule has 1 amide bonds. The fourth-order valence-corrected chi connectivity index (χ4v) is 2.58. The lowest BCUT2D eigenvalue weighted by atomic mass is 10.3. The van der Waals surface area contributed by atoms with Crippen LogP contribution < -0.4 is 9.47 Å². The minimum atomic E-state index is 0.0876. The molecule has 23 heavy (non-hydrogen) atoms. The third-order valence-corrected chi connectivity index (χ3v) is 3.79. The van der Waals surface area contributed by atoms with Gasteiger partial charge in [-0.2, -0.15) is 0 Å². The van der Waals surface area contributed by atoms with Gasteiger partial charge in [-0.3, -0.25) is 4.79 Å². The van der Waals surface area contributed by atoms with Crippen molar-refractivity contribution in [3.05, 3.63) is 36.2 Å². The van der Waals surface area contributed by atoms with Gasteiger partial charge in [-0.15, -0.1) is 5.10 Å². The van der Waals surface area contributed by atoms with Crippen LogP contribution >= 0.6 is 0 Å². The molecule has 1 aliphatic rings. The molecule has 2 aromatic rings. The van der Waals surface area contributed by atoms with Gasteiger partial charge in [0.1, 0.15) is 18.8 Å². The van der Waals surface area contributed by atoms with E-state index in [1.54, 1.807) is 18.0 Å². The highest BCUT2D eigenvalue weighted by Gasteiger charge is 2.18. The molecule has 122 valence electrons. The molecule has 0 radical (unpaired) electrons. The number of hydrogen-bond acceptors (Lipinski definition) is 5. The molecule has 7 heteroatoms. The van der Waals surface area contributed by atoms with Crippen molar-refractivity contribution >= 4 is 5.91 Å². The number of hydrogen-bond donors (Lipinski definition) is 0. The SMILES string of the molecule is COc1ccccc1OCc1cn(CC(=O)N2CCCC2)nn1. The average molecular weight is 316 g/mol. The van der Waals surface area contributed by atoms with Gasteiger partial charge in [0.05, 0.1) is 13.3 Å². The van der Waals surface area contributed by atoms with Crippen LogP contribution in [0.1, 0.15) is 18.5 Å². The Labute approximate surface area is 134 Å². The first-order valence-electron chi connectivity index (χ1n) is 7.69. The van der Waals surface area contributed by atoms with Crippen LogP contribution in [0.2, 0.25) is 0 Å². The Bertz CT molecular complexity index is 665. The van der Waals surface area contributed by atoms with Gasteiger partial charge in [0, 0.05) is 13.1 Å². The normalized spacial score (nSPS) is 14.0. The van der Waals surface area contributed by atoms with E-state index >= 15 is 0 Å². The molecule has 0 N–H and O–H groups in total. The Morgan fingerprint density at radius 1 is 1.22 bits per heavy atom. The van der Waals surface area contributed by atoms with E-state index in [0.29, 0.717) is 17.2 Å². The molecule has 1 fully saturated rings. The van der Waals surface area contributed by atoms with Gasteiger partial charge in [-0.05, 0) is 25.0 Å². The van der Waals surface area contributed by atoms with Crippen molar-refractivity contribution in [2.24, 2.45) is 0 Å². The van der Waals surface area contributed by atoms with E-state index in [4.69, 9.17) is 9.47 Å². The Morgan fingerprint density at radius 2 is 1.96 bits per heavy atom. The summed E-state index contributed by atoms with van der Waals surface area (Å²) in [5.74, 6) is 1.41. The fraction of sp³-hybridized carbons (Fsp3) is 0.438. The standard InChI is InChI=1S/C16H20N4O3/c1-22-14-6-2-3-7-15(14)23-12-13-10-20(18-17-13)11-16(21)19-8-4-5-9-19/h2-3,6-7,10H,4-5,8-9,11-12H2,1H3. The van der Waals surface area contributed by atoms with Gasteiger partial charge >= 0.3 is 0 Å². The van der Waals surface area contributed by atoms with Crippen LogP contribution in [0.25, 0.3) is 0 Å². The van der Waals surface area contributed by atoms with E-state index in [1.807, 2.05) is 29.2 Å².